The Bertz CT molecular complexity index is 393. The minimum atomic E-state index is -1.51. The third-order valence-corrected chi connectivity index (χ3v) is 2.85. The number of aromatic nitrogens is 1. The summed E-state index contributed by atoms with van der Waals surface area (Å²) in [5.74, 6) is -0.685. The maximum Gasteiger partial charge on any atom is 0.322 e. The van der Waals surface area contributed by atoms with Gasteiger partial charge in [0, 0.05) is 0 Å². The number of pyridine rings is 1. The topological polar surface area (TPSA) is 79.7 Å². The summed E-state index contributed by atoms with van der Waals surface area (Å²) in [6.07, 6.45) is 0. The number of halogens is 1. The average molecular weight is 304 g/mol. The first-order valence-electron chi connectivity index (χ1n) is 5.12. The van der Waals surface area contributed by atoms with Gasteiger partial charge in [-0.3, -0.25) is 4.79 Å². The van der Waals surface area contributed by atoms with Gasteiger partial charge in [0.05, 0.1) is 25.5 Å². The van der Waals surface area contributed by atoms with E-state index in [0.29, 0.717) is 4.60 Å². The molecule has 94 valence electrons. The minimum Gasteiger partial charge on any atom is -0.465 e. The summed E-state index contributed by atoms with van der Waals surface area (Å²) < 4.78 is 5.39. The molecule has 0 spiro atoms. The van der Waals surface area contributed by atoms with Gasteiger partial charge in [-0.15, -0.1) is 0 Å². The number of aliphatic hydroxyl groups is 2. The van der Waals surface area contributed by atoms with Crippen molar-refractivity contribution in [2.75, 3.05) is 19.8 Å². The molecular formula is C11H14BrNO4. The number of carbonyl (C=O) groups is 1. The first-order chi connectivity index (χ1) is 8.10. The summed E-state index contributed by atoms with van der Waals surface area (Å²) in [4.78, 5) is 15.9. The van der Waals surface area contributed by atoms with Crippen LogP contribution in [-0.2, 0) is 14.9 Å². The van der Waals surface area contributed by atoms with Gasteiger partial charge in [-0.05, 0) is 35.0 Å². The normalized spacial score (nSPS) is 11.3. The Balaban J connectivity index is 3.19. The zero-order chi connectivity index (χ0) is 12.9. The number of carbonyl (C=O) groups excluding carboxylic acids is 1. The summed E-state index contributed by atoms with van der Waals surface area (Å²) in [5, 5.41) is 18.8. The number of aliphatic hydroxyl groups excluding tert-OH is 2. The fourth-order valence-electron chi connectivity index (χ4n) is 1.39. The van der Waals surface area contributed by atoms with Crippen molar-refractivity contribution in [2.24, 2.45) is 0 Å². The monoisotopic (exact) mass is 303 g/mol. The van der Waals surface area contributed by atoms with Crippen molar-refractivity contribution in [3.05, 3.63) is 28.5 Å². The van der Waals surface area contributed by atoms with Crippen LogP contribution in [0.15, 0.2) is 22.8 Å². The molecule has 0 aliphatic carbocycles. The van der Waals surface area contributed by atoms with Crippen LogP contribution in [0.25, 0.3) is 0 Å². The Morgan fingerprint density at radius 1 is 1.47 bits per heavy atom. The molecule has 0 unspecified atom stereocenters. The third kappa shape index (κ3) is 2.83. The molecule has 1 heterocycles. The highest BCUT2D eigenvalue weighted by molar-refractivity contribution is 9.10. The molecule has 0 aliphatic rings. The average Bonchev–Trinajstić information content (AvgIpc) is 2.32. The second-order valence-corrected chi connectivity index (χ2v) is 4.28. The zero-order valence-electron chi connectivity index (χ0n) is 9.39. The van der Waals surface area contributed by atoms with Gasteiger partial charge in [0.25, 0.3) is 0 Å². The summed E-state index contributed by atoms with van der Waals surface area (Å²) in [5.41, 5.74) is -1.24. The number of hydrogen-bond donors (Lipinski definition) is 2. The van der Waals surface area contributed by atoms with Gasteiger partial charge in [-0.1, -0.05) is 6.07 Å². The Morgan fingerprint density at radius 3 is 2.59 bits per heavy atom. The first kappa shape index (κ1) is 14.1. The molecule has 0 saturated heterocycles. The molecule has 1 aromatic heterocycles. The van der Waals surface area contributed by atoms with Crippen LogP contribution in [-0.4, -0.2) is 41.0 Å². The van der Waals surface area contributed by atoms with Gasteiger partial charge in [0.15, 0.2) is 5.41 Å². The van der Waals surface area contributed by atoms with E-state index in [1.807, 2.05) is 0 Å². The van der Waals surface area contributed by atoms with Gasteiger partial charge in [-0.25, -0.2) is 4.98 Å². The van der Waals surface area contributed by atoms with E-state index in [1.165, 1.54) is 0 Å². The van der Waals surface area contributed by atoms with E-state index in [1.54, 1.807) is 25.1 Å². The van der Waals surface area contributed by atoms with E-state index >= 15 is 0 Å². The molecule has 6 heteroatoms. The maximum atomic E-state index is 11.8. The minimum absolute atomic E-state index is 0.175. The van der Waals surface area contributed by atoms with Gasteiger partial charge in [0.2, 0.25) is 0 Å². The number of hydrogen-bond acceptors (Lipinski definition) is 5. The lowest BCUT2D eigenvalue weighted by Crippen LogP contribution is -2.45. The fourth-order valence-corrected chi connectivity index (χ4v) is 1.73. The molecule has 2 N–H and O–H groups in total. The lowest BCUT2D eigenvalue weighted by molar-refractivity contribution is -0.154. The van der Waals surface area contributed by atoms with E-state index in [9.17, 15) is 15.0 Å². The van der Waals surface area contributed by atoms with E-state index in [2.05, 4.69) is 20.9 Å². The van der Waals surface area contributed by atoms with Gasteiger partial charge in [-0.2, -0.15) is 0 Å². The molecule has 0 fully saturated rings. The summed E-state index contributed by atoms with van der Waals surface area (Å²) in [7, 11) is 0. The van der Waals surface area contributed by atoms with Crippen LogP contribution in [0, 0.1) is 0 Å². The fraction of sp³-hybridized carbons (Fsp3) is 0.455. The highest BCUT2D eigenvalue weighted by Gasteiger charge is 2.42. The molecule has 17 heavy (non-hydrogen) atoms. The van der Waals surface area contributed by atoms with Crippen LogP contribution in [0.3, 0.4) is 0 Å². The number of esters is 1. The van der Waals surface area contributed by atoms with Gasteiger partial charge < -0.3 is 14.9 Å². The smallest absolute Gasteiger partial charge is 0.322 e. The quantitative estimate of drug-likeness (QED) is 0.616. The first-order valence-corrected chi connectivity index (χ1v) is 5.92. The molecule has 5 nitrogen and oxygen atoms in total. The molecule has 0 atom stereocenters. The summed E-state index contributed by atoms with van der Waals surface area (Å²) in [6.45, 7) is 0.706. The van der Waals surface area contributed by atoms with Crippen LogP contribution in [0.4, 0.5) is 0 Å². The SMILES string of the molecule is CCOC(=O)C(CO)(CO)c1cccc(Br)n1. The van der Waals surface area contributed by atoms with Gasteiger partial charge >= 0.3 is 5.97 Å². The number of rotatable bonds is 5. The zero-order valence-corrected chi connectivity index (χ0v) is 11.0. The predicted molar refractivity (Wildman–Crippen MR) is 64.4 cm³/mol. The summed E-state index contributed by atoms with van der Waals surface area (Å²) >= 11 is 3.17. The highest BCUT2D eigenvalue weighted by Crippen LogP contribution is 2.24. The molecule has 0 amide bonds. The Labute approximate surface area is 108 Å². The third-order valence-electron chi connectivity index (χ3n) is 2.41. The van der Waals surface area contributed by atoms with E-state index in [-0.39, 0.29) is 12.3 Å². The lowest BCUT2D eigenvalue weighted by Gasteiger charge is -2.26. The van der Waals surface area contributed by atoms with Crippen molar-refractivity contribution >= 4 is 21.9 Å². The van der Waals surface area contributed by atoms with E-state index in [4.69, 9.17) is 4.74 Å². The van der Waals surface area contributed by atoms with Crippen LogP contribution >= 0.6 is 15.9 Å². The number of ether oxygens (including phenoxy) is 1. The van der Waals surface area contributed by atoms with Crippen molar-refractivity contribution in [3.8, 4) is 0 Å². The molecule has 0 aliphatic heterocycles. The summed E-state index contributed by atoms with van der Waals surface area (Å²) in [6, 6.07) is 4.92. The lowest BCUT2D eigenvalue weighted by atomic mass is 9.86. The highest BCUT2D eigenvalue weighted by atomic mass is 79.9. The Kier molecular flexibility index (Phi) is 5.04. The van der Waals surface area contributed by atoms with Crippen LogP contribution in [0.1, 0.15) is 12.6 Å². The van der Waals surface area contributed by atoms with Gasteiger partial charge in [0.1, 0.15) is 4.60 Å². The Morgan fingerprint density at radius 2 is 2.12 bits per heavy atom. The largest absolute Gasteiger partial charge is 0.465 e. The second-order valence-electron chi connectivity index (χ2n) is 3.46. The van der Waals surface area contributed by atoms with E-state index in [0.717, 1.165) is 0 Å². The van der Waals surface area contributed by atoms with Crippen molar-refractivity contribution in [1.82, 2.24) is 4.98 Å². The Hall–Kier alpha value is -0.980. The van der Waals surface area contributed by atoms with Crippen LogP contribution in [0.2, 0.25) is 0 Å². The van der Waals surface area contributed by atoms with Crippen molar-refractivity contribution in [2.45, 2.75) is 12.3 Å². The molecule has 1 rings (SSSR count). The molecule has 0 saturated carbocycles. The molecule has 0 aromatic carbocycles. The standard InChI is InChI=1S/C11H14BrNO4/c1-2-17-10(16)11(6-14,7-15)8-4-3-5-9(12)13-8/h3-5,14-15H,2,6-7H2,1H3. The molecule has 0 radical (unpaired) electrons. The van der Waals surface area contributed by atoms with Crippen LogP contribution in [0.5, 0.6) is 0 Å². The molecule has 1 aromatic rings. The maximum absolute atomic E-state index is 11.8. The van der Waals surface area contributed by atoms with Crippen molar-refractivity contribution in [1.29, 1.82) is 0 Å². The molecule has 0 bridgehead atoms. The predicted octanol–water partition coefficient (Wildman–Crippen LogP) is 0.630. The van der Waals surface area contributed by atoms with Crippen molar-refractivity contribution < 1.29 is 19.7 Å². The van der Waals surface area contributed by atoms with Crippen LogP contribution < -0.4 is 0 Å². The van der Waals surface area contributed by atoms with Crippen molar-refractivity contribution in [3.63, 3.8) is 0 Å². The van der Waals surface area contributed by atoms with E-state index < -0.39 is 24.6 Å². The number of nitrogens with zero attached hydrogens (tertiary/aromatic N) is 1. The molecular weight excluding hydrogens is 290 g/mol. The second kappa shape index (κ2) is 6.09.